The van der Waals surface area contributed by atoms with Gasteiger partial charge in [0.1, 0.15) is 0 Å². The van der Waals surface area contributed by atoms with Gasteiger partial charge in [-0.15, -0.1) is 11.6 Å². The number of nitrogens with zero attached hydrogens (tertiary/aromatic N) is 2. The largest absolute Gasteiger partial charge is 0.239 e. The zero-order valence-electron chi connectivity index (χ0n) is 7.45. The highest BCUT2D eigenvalue weighted by molar-refractivity contribution is 7.89. The highest BCUT2D eigenvalue weighted by Crippen LogP contribution is 2.05. The Morgan fingerprint density at radius 1 is 1.31 bits per heavy atom. The van der Waals surface area contributed by atoms with Crippen molar-refractivity contribution in [3.63, 3.8) is 0 Å². The van der Waals surface area contributed by atoms with Crippen LogP contribution in [0.25, 0.3) is 0 Å². The minimum absolute atomic E-state index is 0.163. The van der Waals surface area contributed by atoms with Gasteiger partial charge in [-0.1, -0.05) is 0 Å². The molecule has 0 amide bonds. The van der Waals surface area contributed by atoms with E-state index in [9.17, 15) is 8.42 Å². The number of piperazine rings is 1. The molecule has 1 aliphatic heterocycles. The maximum atomic E-state index is 11.6. The van der Waals surface area contributed by atoms with E-state index in [1.54, 1.807) is 0 Å². The predicted octanol–water partition coefficient (Wildman–Crippen LogP) is -0.135. The maximum absolute atomic E-state index is 11.6. The van der Waals surface area contributed by atoms with Crippen molar-refractivity contribution < 1.29 is 8.42 Å². The minimum Gasteiger partial charge on any atom is -0.239 e. The molecule has 1 fully saturated rings. The molecular formula is C7H14ClN2O2S. The van der Waals surface area contributed by atoms with E-state index in [-0.39, 0.29) is 5.75 Å². The third kappa shape index (κ3) is 3.42. The van der Waals surface area contributed by atoms with Crippen LogP contribution in [0.3, 0.4) is 0 Å². The monoisotopic (exact) mass is 225 g/mol. The normalized spacial score (nSPS) is 20.4. The van der Waals surface area contributed by atoms with E-state index in [1.807, 2.05) is 0 Å². The molecular weight excluding hydrogens is 212 g/mol. The number of hydrogen-bond donors (Lipinski definition) is 0. The van der Waals surface area contributed by atoms with E-state index in [0.717, 1.165) is 0 Å². The summed E-state index contributed by atoms with van der Waals surface area (Å²) in [6.45, 7) is 2.31. The third-order valence-electron chi connectivity index (χ3n) is 1.94. The number of alkyl halides is 1. The second kappa shape index (κ2) is 5.14. The summed E-state index contributed by atoms with van der Waals surface area (Å²) in [5, 5.41) is 4.09. The molecule has 0 saturated carbocycles. The molecule has 0 atom stereocenters. The molecule has 1 heterocycles. The van der Waals surface area contributed by atoms with Gasteiger partial charge >= 0.3 is 0 Å². The molecule has 0 aliphatic carbocycles. The van der Waals surface area contributed by atoms with Crippen LogP contribution in [0.1, 0.15) is 6.42 Å². The first-order valence-corrected chi connectivity index (χ1v) is 6.48. The molecule has 0 aromatic rings. The van der Waals surface area contributed by atoms with Crippen molar-refractivity contribution in [2.75, 3.05) is 37.8 Å². The van der Waals surface area contributed by atoms with Gasteiger partial charge in [-0.3, -0.25) is 0 Å². The van der Waals surface area contributed by atoms with Crippen LogP contribution in [0.5, 0.6) is 0 Å². The molecule has 77 valence electrons. The molecule has 0 bridgehead atoms. The molecule has 4 nitrogen and oxygen atoms in total. The van der Waals surface area contributed by atoms with Gasteiger partial charge < -0.3 is 0 Å². The quantitative estimate of drug-likeness (QED) is 0.626. The Balaban J connectivity index is 2.47. The number of rotatable bonds is 4. The summed E-state index contributed by atoms with van der Waals surface area (Å²) >= 11 is 5.45. The number of hydrogen-bond acceptors (Lipinski definition) is 2. The highest BCUT2D eigenvalue weighted by Gasteiger charge is 2.23. The van der Waals surface area contributed by atoms with Gasteiger partial charge in [-0.05, 0) is 6.42 Å². The lowest BCUT2D eigenvalue weighted by atomic mass is 10.4. The van der Waals surface area contributed by atoms with E-state index in [4.69, 9.17) is 11.6 Å². The third-order valence-corrected chi connectivity index (χ3v) is 4.17. The predicted molar refractivity (Wildman–Crippen MR) is 52.6 cm³/mol. The summed E-state index contributed by atoms with van der Waals surface area (Å²) in [6.07, 6.45) is 0.525. The molecule has 0 N–H and O–H groups in total. The minimum atomic E-state index is -3.06. The van der Waals surface area contributed by atoms with Gasteiger partial charge in [0.05, 0.1) is 5.75 Å². The van der Waals surface area contributed by atoms with E-state index >= 15 is 0 Å². The Hall–Kier alpha value is 0.160. The van der Waals surface area contributed by atoms with Gasteiger partial charge in [0, 0.05) is 32.1 Å². The van der Waals surface area contributed by atoms with Crippen molar-refractivity contribution >= 4 is 21.6 Å². The summed E-state index contributed by atoms with van der Waals surface area (Å²) < 4.78 is 24.6. The van der Waals surface area contributed by atoms with Crippen molar-refractivity contribution in [2.45, 2.75) is 6.42 Å². The van der Waals surface area contributed by atoms with E-state index in [2.05, 4.69) is 5.32 Å². The van der Waals surface area contributed by atoms with Gasteiger partial charge in [-0.25, -0.2) is 13.7 Å². The highest BCUT2D eigenvalue weighted by atomic mass is 35.5. The van der Waals surface area contributed by atoms with Gasteiger partial charge in [0.15, 0.2) is 0 Å². The fourth-order valence-electron chi connectivity index (χ4n) is 1.23. The van der Waals surface area contributed by atoms with Gasteiger partial charge in [0.2, 0.25) is 10.0 Å². The van der Waals surface area contributed by atoms with Crippen LogP contribution in [0.15, 0.2) is 0 Å². The standard InChI is InChI=1S/C7H14ClN2O2S/c8-2-1-7-13(11,12)10-5-3-9-4-6-10/h1-7H2. The molecule has 0 unspecified atom stereocenters. The fourth-order valence-corrected chi connectivity index (χ4v) is 3.01. The first-order chi connectivity index (χ1) is 6.17. The average molecular weight is 226 g/mol. The Morgan fingerprint density at radius 2 is 1.92 bits per heavy atom. The zero-order valence-corrected chi connectivity index (χ0v) is 9.02. The van der Waals surface area contributed by atoms with E-state index in [1.165, 1.54) is 4.31 Å². The summed E-state index contributed by atoms with van der Waals surface area (Å²) in [4.78, 5) is 0. The first kappa shape index (κ1) is 11.2. The molecule has 1 radical (unpaired) electrons. The first-order valence-electron chi connectivity index (χ1n) is 4.34. The number of halogens is 1. The Morgan fingerprint density at radius 3 is 2.46 bits per heavy atom. The molecule has 1 saturated heterocycles. The summed E-state index contributed by atoms with van der Waals surface area (Å²) in [6, 6.07) is 0. The second-order valence-electron chi connectivity index (χ2n) is 2.93. The van der Waals surface area contributed by atoms with Crippen LogP contribution in [0.4, 0.5) is 0 Å². The molecule has 0 spiro atoms. The summed E-state index contributed by atoms with van der Waals surface area (Å²) in [5.74, 6) is 0.563. The van der Waals surface area contributed by atoms with Crippen LogP contribution in [0.2, 0.25) is 0 Å². The lowest BCUT2D eigenvalue weighted by molar-refractivity contribution is 0.356. The smallest absolute Gasteiger partial charge is 0.214 e. The van der Waals surface area contributed by atoms with Crippen molar-refractivity contribution in [1.29, 1.82) is 0 Å². The molecule has 6 heteroatoms. The van der Waals surface area contributed by atoms with Crippen molar-refractivity contribution in [3.05, 3.63) is 0 Å². The Labute approximate surface area is 84.3 Å². The SMILES string of the molecule is O=S(=O)(CCCCl)N1CC[N]CC1. The summed E-state index contributed by atoms with van der Waals surface area (Å²) in [5.41, 5.74) is 0. The Kier molecular flexibility index (Phi) is 4.45. The fraction of sp³-hybridized carbons (Fsp3) is 1.00. The lowest BCUT2D eigenvalue weighted by Gasteiger charge is -2.25. The van der Waals surface area contributed by atoms with Crippen LogP contribution in [-0.4, -0.2) is 50.5 Å². The summed E-state index contributed by atoms with van der Waals surface area (Å²) in [7, 11) is -3.06. The zero-order chi connectivity index (χ0) is 9.73. The van der Waals surface area contributed by atoms with Crippen molar-refractivity contribution in [3.8, 4) is 0 Å². The van der Waals surface area contributed by atoms with Crippen LogP contribution in [-0.2, 0) is 10.0 Å². The van der Waals surface area contributed by atoms with E-state index in [0.29, 0.717) is 38.5 Å². The molecule has 0 aromatic carbocycles. The second-order valence-corrected chi connectivity index (χ2v) is 5.39. The molecule has 13 heavy (non-hydrogen) atoms. The van der Waals surface area contributed by atoms with Crippen molar-refractivity contribution in [2.24, 2.45) is 0 Å². The average Bonchev–Trinajstić information content (AvgIpc) is 2.16. The molecule has 0 aromatic heterocycles. The van der Waals surface area contributed by atoms with Gasteiger partial charge in [0.25, 0.3) is 0 Å². The lowest BCUT2D eigenvalue weighted by Crippen LogP contribution is -2.44. The topological polar surface area (TPSA) is 51.5 Å². The molecule has 1 aliphatic rings. The van der Waals surface area contributed by atoms with Gasteiger partial charge in [-0.2, -0.15) is 4.31 Å². The maximum Gasteiger partial charge on any atom is 0.214 e. The van der Waals surface area contributed by atoms with Crippen LogP contribution < -0.4 is 5.32 Å². The van der Waals surface area contributed by atoms with Crippen molar-refractivity contribution in [1.82, 2.24) is 9.62 Å². The van der Waals surface area contributed by atoms with Crippen LogP contribution >= 0.6 is 11.6 Å². The number of sulfonamides is 1. The Bertz CT molecular complexity index is 237. The van der Waals surface area contributed by atoms with E-state index < -0.39 is 10.0 Å². The van der Waals surface area contributed by atoms with Crippen LogP contribution in [0, 0.1) is 0 Å². The molecule has 1 rings (SSSR count).